The molecule has 1 aromatic rings. The molecule has 2 nitrogen and oxygen atoms in total. The third kappa shape index (κ3) is 2.24. The van der Waals surface area contributed by atoms with Crippen LogP contribution in [0.5, 0.6) is 0 Å². The van der Waals surface area contributed by atoms with Crippen LogP contribution < -0.4 is 5.73 Å². The van der Waals surface area contributed by atoms with Crippen molar-refractivity contribution in [3.8, 4) is 0 Å². The summed E-state index contributed by atoms with van der Waals surface area (Å²) in [6.45, 7) is 0.276. The summed E-state index contributed by atoms with van der Waals surface area (Å²) < 4.78 is 0. The lowest BCUT2D eigenvalue weighted by Crippen LogP contribution is -2.11. The van der Waals surface area contributed by atoms with Gasteiger partial charge in [0.2, 0.25) is 0 Å². The van der Waals surface area contributed by atoms with Crippen LogP contribution in [0.4, 0.5) is 0 Å². The van der Waals surface area contributed by atoms with E-state index in [9.17, 15) is 5.11 Å². The lowest BCUT2D eigenvalue weighted by molar-refractivity contribution is 0.186. The molecule has 66 valence electrons. The van der Waals surface area contributed by atoms with Gasteiger partial charge in [-0.1, -0.05) is 12.1 Å². The molecule has 1 aromatic carbocycles. The van der Waals surface area contributed by atoms with Gasteiger partial charge in [0.05, 0.1) is 6.10 Å². The minimum Gasteiger partial charge on any atom is -0.387 e. The van der Waals surface area contributed by atoms with E-state index in [4.69, 9.17) is 5.73 Å². The summed E-state index contributed by atoms with van der Waals surface area (Å²) >= 11 is 1.66. The minimum atomic E-state index is -0.530. The van der Waals surface area contributed by atoms with Gasteiger partial charge in [-0.05, 0) is 24.0 Å². The Bertz CT molecular complexity index is 252. The highest BCUT2D eigenvalue weighted by Gasteiger charge is 2.04. The number of hydrogen-bond acceptors (Lipinski definition) is 3. The first kappa shape index (κ1) is 9.58. The largest absolute Gasteiger partial charge is 0.387 e. The molecule has 0 saturated carbocycles. The Balaban J connectivity index is 2.86. The molecular formula is C9H13NOS. The fraction of sp³-hybridized carbons (Fsp3) is 0.333. The molecule has 0 aromatic heterocycles. The number of hydrogen-bond donors (Lipinski definition) is 2. The van der Waals surface area contributed by atoms with Gasteiger partial charge in [0.1, 0.15) is 0 Å². The average Bonchev–Trinajstić information content (AvgIpc) is 2.17. The molecule has 0 aliphatic carbocycles. The first-order valence-electron chi connectivity index (χ1n) is 3.80. The topological polar surface area (TPSA) is 46.2 Å². The molecule has 0 bridgehead atoms. The summed E-state index contributed by atoms with van der Waals surface area (Å²) in [5.41, 5.74) is 6.23. The van der Waals surface area contributed by atoms with Gasteiger partial charge in [0.15, 0.2) is 0 Å². The first-order valence-corrected chi connectivity index (χ1v) is 5.02. The van der Waals surface area contributed by atoms with E-state index < -0.39 is 6.10 Å². The Kier molecular flexibility index (Phi) is 3.59. The van der Waals surface area contributed by atoms with Gasteiger partial charge >= 0.3 is 0 Å². The number of nitrogens with two attached hydrogens (primary N) is 1. The maximum atomic E-state index is 9.41. The lowest BCUT2D eigenvalue weighted by Gasteiger charge is -2.08. The molecule has 0 unspecified atom stereocenters. The van der Waals surface area contributed by atoms with Crippen LogP contribution in [-0.4, -0.2) is 17.9 Å². The quantitative estimate of drug-likeness (QED) is 0.696. The fourth-order valence-electron chi connectivity index (χ4n) is 0.985. The molecule has 0 spiro atoms. The third-order valence-corrected chi connectivity index (χ3v) is 2.43. The second-order valence-electron chi connectivity index (χ2n) is 2.53. The lowest BCUT2D eigenvalue weighted by atomic mass is 10.1. The number of aliphatic hydroxyl groups excluding tert-OH is 1. The smallest absolute Gasteiger partial charge is 0.0912 e. The van der Waals surface area contributed by atoms with Crippen LogP contribution in [0.15, 0.2) is 29.2 Å². The van der Waals surface area contributed by atoms with Crippen LogP contribution in [0.25, 0.3) is 0 Å². The summed E-state index contributed by atoms with van der Waals surface area (Å²) in [6, 6.07) is 7.79. The highest BCUT2D eigenvalue weighted by molar-refractivity contribution is 7.98. The summed E-state index contributed by atoms with van der Waals surface area (Å²) in [5.74, 6) is 0. The van der Waals surface area contributed by atoms with Gasteiger partial charge in [-0.25, -0.2) is 0 Å². The zero-order valence-corrected chi connectivity index (χ0v) is 7.84. The Morgan fingerprint density at radius 1 is 1.58 bits per heavy atom. The average molecular weight is 183 g/mol. The van der Waals surface area contributed by atoms with E-state index in [1.807, 2.05) is 30.5 Å². The molecule has 0 radical (unpaired) electrons. The van der Waals surface area contributed by atoms with Gasteiger partial charge in [0.25, 0.3) is 0 Å². The van der Waals surface area contributed by atoms with E-state index in [1.165, 1.54) is 0 Å². The molecule has 3 heteroatoms. The van der Waals surface area contributed by atoms with E-state index in [0.29, 0.717) is 0 Å². The molecule has 1 atom stereocenters. The van der Waals surface area contributed by atoms with E-state index in [2.05, 4.69) is 0 Å². The number of benzene rings is 1. The Hall–Kier alpha value is -0.510. The molecular weight excluding hydrogens is 170 g/mol. The van der Waals surface area contributed by atoms with Gasteiger partial charge in [-0.3, -0.25) is 0 Å². The Morgan fingerprint density at radius 2 is 2.33 bits per heavy atom. The maximum absolute atomic E-state index is 9.41. The van der Waals surface area contributed by atoms with Crippen molar-refractivity contribution in [1.29, 1.82) is 0 Å². The van der Waals surface area contributed by atoms with Crippen LogP contribution >= 0.6 is 11.8 Å². The van der Waals surface area contributed by atoms with Crippen molar-refractivity contribution in [3.05, 3.63) is 29.8 Å². The normalized spacial score (nSPS) is 12.9. The van der Waals surface area contributed by atoms with Crippen molar-refractivity contribution < 1.29 is 5.11 Å². The van der Waals surface area contributed by atoms with E-state index in [-0.39, 0.29) is 6.54 Å². The second-order valence-corrected chi connectivity index (χ2v) is 3.41. The summed E-state index contributed by atoms with van der Waals surface area (Å²) in [7, 11) is 0. The molecule has 0 heterocycles. The van der Waals surface area contributed by atoms with Crippen LogP contribution in [0.1, 0.15) is 11.7 Å². The van der Waals surface area contributed by atoms with Crippen molar-refractivity contribution in [3.63, 3.8) is 0 Å². The number of thioether (sulfide) groups is 1. The summed E-state index contributed by atoms with van der Waals surface area (Å²) in [5, 5.41) is 9.41. The van der Waals surface area contributed by atoms with E-state index in [0.717, 1.165) is 10.5 Å². The fourth-order valence-corrected chi connectivity index (χ4v) is 1.45. The van der Waals surface area contributed by atoms with Gasteiger partial charge in [0, 0.05) is 11.4 Å². The predicted octanol–water partition coefficient (Wildman–Crippen LogP) is 1.40. The summed E-state index contributed by atoms with van der Waals surface area (Å²) in [4.78, 5) is 1.15. The predicted molar refractivity (Wildman–Crippen MR) is 52.2 cm³/mol. The van der Waals surface area contributed by atoms with Crippen molar-refractivity contribution in [2.75, 3.05) is 12.8 Å². The van der Waals surface area contributed by atoms with Crippen LogP contribution in [-0.2, 0) is 0 Å². The standard InChI is InChI=1S/C9H13NOS/c1-12-8-4-2-3-7(5-8)9(11)6-10/h2-5,9,11H,6,10H2,1H3/t9-/m0/s1. The Morgan fingerprint density at radius 3 is 2.92 bits per heavy atom. The van der Waals surface area contributed by atoms with Crippen molar-refractivity contribution in [2.24, 2.45) is 5.73 Å². The van der Waals surface area contributed by atoms with Crippen molar-refractivity contribution in [1.82, 2.24) is 0 Å². The maximum Gasteiger partial charge on any atom is 0.0912 e. The zero-order valence-electron chi connectivity index (χ0n) is 7.03. The van der Waals surface area contributed by atoms with Crippen molar-refractivity contribution in [2.45, 2.75) is 11.0 Å². The Labute approximate surface area is 76.8 Å². The molecule has 12 heavy (non-hydrogen) atoms. The van der Waals surface area contributed by atoms with Crippen molar-refractivity contribution >= 4 is 11.8 Å². The molecule has 3 N–H and O–H groups in total. The zero-order chi connectivity index (χ0) is 8.97. The third-order valence-electron chi connectivity index (χ3n) is 1.70. The molecule has 0 fully saturated rings. The minimum absolute atomic E-state index is 0.276. The monoisotopic (exact) mass is 183 g/mol. The summed E-state index contributed by atoms with van der Waals surface area (Å²) in [6.07, 6.45) is 1.48. The van der Waals surface area contributed by atoms with Crippen LogP contribution in [0.3, 0.4) is 0 Å². The molecule has 0 aliphatic heterocycles. The van der Waals surface area contributed by atoms with Crippen LogP contribution in [0, 0.1) is 0 Å². The molecule has 0 amide bonds. The highest BCUT2D eigenvalue weighted by Crippen LogP contribution is 2.19. The molecule has 0 saturated heterocycles. The SMILES string of the molecule is CSc1cccc([C@@H](O)CN)c1. The van der Waals surface area contributed by atoms with E-state index in [1.54, 1.807) is 11.8 Å². The highest BCUT2D eigenvalue weighted by atomic mass is 32.2. The van der Waals surface area contributed by atoms with E-state index >= 15 is 0 Å². The van der Waals surface area contributed by atoms with Crippen LogP contribution in [0.2, 0.25) is 0 Å². The molecule has 0 aliphatic rings. The van der Waals surface area contributed by atoms with Gasteiger partial charge in [-0.15, -0.1) is 11.8 Å². The van der Waals surface area contributed by atoms with Gasteiger partial charge in [-0.2, -0.15) is 0 Å². The number of aliphatic hydroxyl groups is 1. The number of rotatable bonds is 3. The second kappa shape index (κ2) is 4.50. The van der Waals surface area contributed by atoms with Gasteiger partial charge < -0.3 is 10.8 Å². The molecule has 1 rings (SSSR count). The first-order chi connectivity index (χ1) is 5.77.